The Morgan fingerprint density at radius 3 is 1.88 bits per heavy atom. The first kappa shape index (κ1) is 27.7. The number of aryl methyl sites for hydroxylation is 1. The number of hydrogen-bond donors (Lipinski definition) is 0. The summed E-state index contributed by atoms with van der Waals surface area (Å²) in [5.41, 5.74) is 6.92. The summed E-state index contributed by atoms with van der Waals surface area (Å²) in [5, 5.41) is 10.2. The minimum absolute atomic E-state index is 0.126. The van der Waals surface area contributed by atoms with Crippen LogP contribution in [0.4, 0.5) is 0 Å². The third kappa shape index (κ3) is 4.17. The fourth-order valence-electron chi connectivity index (χ4n) is 7.03. The maximum atomic E-state index is 2.69. The molecule has 0 saturated carbocycles. The zero-order valence-electron chi connectivity index (χ0n) is 23.9. The van der Waals surface area contributed by atoms with E-state index in [4.69, 9.17) is 0 Å². The summed E-state index contributed by atoms with van der Waals surface area (Å²) in [5.74, 6) is 0. The predicted molar refractivity (Wildman–Crippen MR) is 157 cm³/mol. The van der Waals surface area contributed by atoms with E-state index in [2.05, 4.69) is 127 Å². The molecule has 0 fully saturated rings. The number of benzene rings is 2. The van der Waals surface area contributed by atoms with Crippen molar-refractivity contribution in [3.63, 3.8) is 0 Å². The van der Waals surface area contributed by atoms with Gasteiger partial charge in [-0.15, -0.1) is 0 Å². The second-order valence-electron chi connectivity index (χ2n) is 12.2. The normalized spacial score (nSPS) is 21.6. The van der Waals surface area contributed by atoms with Crippen LogP contribution in [0.3, 0.4) is 0 Å². The number of hydrogen-bond acceptors (Lipinski definition) is 0. The average Bonchev–Trinajstić information content (AvgIpc) is 2.94. The van der Waals surface area contributed by atoms with E-state index in [9.17, 15) is 0 Å². The third-order valence-corrected chi connectivity index (χ3v) is 20.9. The van der Waals surface area contributed by atoms with Crippen molar-refractivity contribution >= 4 is 31.7 Å². The summed E-state index contributed by atoms with van der Waals surface area (Å²) in [4.78, 5) is 0. The van der Waals surface area contributed by atoms with Crippen molar-refractivity contribution in [2.45, 2.75) is 95.6 Å². The van der Waals surface area contributed by atoms with Crippen LogP contribution in [0, 0.1) is 6.92 Å². The summed E-state index contributed by atoms with van der Waals surface area (Å²) < 4.78 is 1.86. The molecule has 0 bridgehead atoms. The zero-order chi connectivity index (χ0) is 25.6. The minimum atomic E-state index is -2.31. The van der Waals surface area contributed by atoms with Crippen molar-refractivity contribution in [2.24, 2.45) is 0 Å². The van der Waals surface area contributed by atoms with E-state index >= 15 is 0 Å². The van der Waals surface area contributed by atoms with E-state index < -0.39 is 34.0 Å². The van der Waals surface area contributed by atoms with Gasteiger partial charge in [0.05, 0.1) is 0 Å². The van der Waals surface area contributed by atoms with Gasteiger partial charge in [0.1, 0.15) is 0 Å². The van der Waals surface area contributed by atoms with Crippen molar-refractivity contribution < 1.29 is 17.9 Å². The Morgan fingerprint density at radius 2 is 1.38 bits per heavy atom. The molecule has 0 aromatic heterocycles. The van der Waals surface area contributed by atoms with Gasteiger partial charge >= 0.3 is 220 Å². The number of rotatable bonds is 7. The summed E-state index contributed by atoms with van der Waals surface area (Å²) in [6.45, 7) is 24.9. The third-order valence-electron chi connectivity index (χ3n) is 9.02. The second-order valence-corrected chi connectivity index (χ2v) is 25.9. The topological polar surface area (TPSA) is 0 Å². The summed E-state index contributed by atoms with van der Waals surface area (Å²) in [6.07, 6.45) is 1.22. The van der Waals surface area contributed by atoms with Gasteiger partial charge in [-0.05, 0) is 0 Å². The first-order valence-corrected chi connectivity index (χ1v) is 22.6. The van der Waals surface area contributed by atoms with Crippen LogP contribution >= 0.6 is 0 Å². The Balaban J connectivity index is 2.61. The molecule has 3 atom stereocenters. The first-order valence-electron chi connectivity index (χ1n) is 13.1. The van der Waals surface area contributed by atoms with Gasteiger partial charge in [-0.1, -0.05) is 0 Å². The van der Waals surface area contributed by atoms with Crippen LogP contribution in [0.2, 0.25) is 40.7 Å². The molecule has 0 amide bonds. The molecule has 2 aromatic carbocycles. The Hall–Kier alpha value is -0.932. The molecule has 34 heavy (non-hydrogen) atoms. The quantitative estimate of drug-likeness (QED) is 0.323. The predicted octanol–water partition coefficient (Wildman–Crippen LogP) is 8.00. The van der Waals surface area contributed by atoms with Crippen LogP contribution in [0.25, 0.3) is 0 Å². The van der Waals surface area contributed by atoms with Crippen molar-refractivity contribution in [3.8, 4) is 0 Å². The Labute approximate surface area is 218 Å². The zero-order valence-corrected chi connectivity index (χ0v) is 27.5. The molecule has 0 aliphatic heterocycles. The maximum absolute atomic E-state index is 2.69. The van der Waals surface area contributed by atoms with E-state index in [1.807, 2.05) is 3.88 Å². The molecule has 0 radical (unpaired) electrons. The van der Waals surface area contributed by atoms with Gasteiger partial charge < -0.3 is 0 Å². The van der Waals surface area contributed by atoms with E-state index in [1.165, 1.54) is 12.0 Å². The van der Waals surface area contributed by atoms with Crippen LogP contribution in [0.15, 0.2) is 69.1 Å². The van der Waals surface area contributed by atoms with Crippen LogP contribution in [0.1, 0.15) is 53.5 Å². The molecular formula is C31H47Si2Ti. The fourth-order valence-corrected chi connectivity index (χ4v) is 20.8. The van der Waals surface area contributed by atoms with E-state index in [0.29, 0.717) is 5.54 Å². The van der Waals surface area contributed by atoms with Crippen molar-refractivity contribution in [3.05, 3.63) is 74.7 Å². The standard InChI is InChI=1S/C29H41Si2.2CH3.Ti/c1-11-23(4)31(26-15-13-12-14-16-26,29(7)20-22(3)24(5)25(29)6)28-18-21(2)17-27(19-28)30(8,9)10;;;/h12-19,23H,11H2,1-10H3;2*1H3;. The van der Waals surface area contributed by atoms with Crippen LogP contribution in [-0.2, 0) is 17.9 Å². The average molecular weight is 524 g/mol. The second kappa shape index (κ2) is 9.85. The molecule has 0 heterocycles. The molecule has 0 N–H and O–H groups in total. The van der Waals surface area contributed by atoms with Crippen LogP contribution < -0.4 is 15.6 Å². The van der Waals surface area contributed by atoms with E-state index in [-0.39, 0.29) is 5.04 Å². The molecule has 0 nitrogen and oxygen atoms in total. The molecule has 183 valence electrons. The van der Waals surface area contributed by atoms with E-state index in [0.717, 1.165) is 0 Å². The van der Waals surface area contributed by atoms with Crippen LogP contribution in [0.5, 0.6) is 0 Å². The first-order chi connectivity index (χ1) is 15.7. The van der Waals surface area contributed by atoms with Crippen molar-refractivity contribution in [1.82, 2.24) is 0 Å². The van der Waals surface area contributed by atoms with Gasteiger partial charge in [0.2, 0.25) is 0 Å². The molecule has 0 spiro atoms. The summed E-state index contributed by atoms with van der Waals surface area (Å²) in [6, 6.07) is 19.5. The Kier molecular flexibility index (Phi) is 8.01. The van der Waals surface area contributed by atoms with E-state index in [1.54, 1.807) is 32.3 Å². The summed E-state index contributed by atoms with van der Waals surface area (Å²) >= 11 is -1.38. The number of allylic oxidation sites excluding steroid dienone is 4. The van der Waals surface area contributed by atoms with Crippen molar-refractivity contribution in [1.29, 1.82) is 0 Å². The monoisotopic (exact) mass is 523 g/mol. The molecule has 0 saturated heterocycles. The molecule has 3 unspecified atom stereocenters. The fraction of sp³-hybridized carbons (Fsp3) is 0.484. The van der Waals surface area contributed by atoms with Gasteiger partial charge in [-0.3, -0.25) is 0 Å². The summed E-state index contributed by atoms with van der Waals surface area (Å²) in [7, 11) is -3.77. The molecular weight excluding hydrogens is 476 g/mol. The van der Waals surface area contributed by atoms with Gasteiger partial charge in [-0.25, -0.2) is 0 Å². The molecule has 3 heteroatoms. The van der Waals surface area contributed by atoms with Gasteiger partial charge in [0.25, 0.3) is 0 Å². The van der Waals surface area contributed by atoms with Crippen LogP contribution in [-0.4, -0.2) is 16.1 Å². The van der Waals surface area contributed by atoms with Gasteiger partial charge in [0.15, 0.2) is 0 Å². The van der Waals surface area contributed by atoms with Crippen molar-refractivity contribution in [2.75, 3.05) is 0 Å². The van der Waals surface area contributed by atoms with Gasteiger partial charge in [0, 0.05) is 0 Å². The SMILES string of the molecule is CCC(C)[Si](c1ccccc1)(c1cc(C)cc([Si](C)(C)C)c1)C1(C)C(C)=C(C)C(C)=[C]1[Ti]([CH3])[CH3]. The molecule has 2 aromatic rings. The Morgan fingerprint density at radius 1 is 0.824 bits per heavy atom. The Bertz CT molecular complexity index is 1120. The molecule has 1 aliphatic carbocycles. The molecule has 3 rings (SSSR count). The van der Waals surface area contributed by atoms with Gasteiger partial charge in [-0.2, -0.15) is 0 Å². The molecule has 1 aliphatic rings.